The van der Waals surface area contributed by atoms with Gasteiger partial charge in [-0.25, -0.2) is 4.98 Å². The second-order valence-electron chi connectivity index (χ2n) is 3.84. The molecule has 18 heavy (non-hydrogen) atoms. The highest BCUT2D eigenvalue weighted by atomic mass is 35.5. The summed E-state index contributed by atoms with van der Waals surface area (Å²) < 4.78 is 0. The van der Waals surface area contributed by atoms with Gasteiger partial charge in [-0.1, -0.05) is 24.9 Å². The van der Waals surface area contributed by atoms with Gasteiger partial charge in [-0.05, 0) is 18.6 Å². The summed E-state index contributed by atoms with van der Waals surface area (Å²) in [5.74, 6) is 0.196. The quantitative estimate of drug-likeness (QED) is 0.892. The lowest BCUT2D eigenvalue weighted by Gasteiger charge is -2.00. The van der Waals surface area contributed by atoms with E-state index in [9.17, 15) is 4.79 Å². The number of carbonyl (C=O) groups is 1. The molecule has 2 aromatic heterocycles. The van der Waals surface area contributed by atoms with Crippen LogP contribution in [-0.4, -0.2) is 21.1 Å². The van der Waals surface area contributed by atoms with Gasteiger partial charge in [0.15, 0.2) is 5.82 Å². The van der Waals surface area contributed by atoms with Gasteiger partial charge in [0.05, 0.1) is 5.02 Å². The van der Waals surface area contributed by atoms with Crippen molar-refractivity contribution in [3.8, 4) is 0 Å². The molecule has 1 amide bonds. The molecule has 2 aromatic rings. The molecule has 5 nitrogen and oxygen atoms in total. The molecule has 94 valence electrons. The molecule has 2 rings (SSSR count). The predicted octanol–water partition coefficient (Wildman–Crippen LogP) is 2.66. The number of hydrogen-bond donors (Lipinski definition) is 2. The van der Waals surface area contributed by atoms with E-state index in [1.807, 2.05) is 6.07 Å². The first-order chi connectivity index (χ1) is 8.69. The van der Waals surface area contributed by atoms with Gasteiger partial charge >= 0.3 is 0 Å². The lowest BCUT2D eigenvalue weighted by Crippen LogP contribution is -2.13. The predicted molar refractivity (Wildman–Crippen MR) is 69.8 cm³/mol. The molecule has 0 aromatic carbocycles. The Bertz CT molecular complexity index is 535. The van der Waals surface area contributed by atoms with Gasteiger partial charge in [0, 0.05) is 18.0 Å². The third-order valence-electron chi connectivity index (χ3n) is 2.35. The van der Waals surface area contributed by atoms with E-state index < -0.39 is 0 Å². The smallest absolute Gasteiger partial charge is 0.275 e. The van der Waals surface area contributed by atoms with Crippen molar-refractivity contribution in [3.63, 3.8) is 0 Å². The number of pyridine rings is 1. The number of nitrogens with one attached hydrogen (secondary N) is 2. The summed E-state index contributed by atoms with van der Waals surface area (Å²) in [4.78, 5) is 15.8. The fourth-order valence-corrected chi connectivity index (χ4v) is 1.63. The highest BCUT2D eigenvalue weighted by molar-refractivity contribution is 6.30. The number of rotatable bonds is 4. The molecule has 0 spiro atoms. The molecule has 0 radical (unpaired) electrons. The normalized spacial score (nSPS) is 10.3. The van der Waals surface area contributed by atoms with Crippen LogP contribution in [0, 0.1) is 0 Å². The van der Waals surface area contributed by atoms with E-state index in [0.717, 1.165) is 18.5 Å². The van der Waals surface area contributed by atoms with Crippen molar-refractivity contribution < 1.29 is 4.79 Å². The van der Waals surface area contributed by atoms with E-state index >= 15 is 0 Å². The average molecular weight is 265 g/mol. The van der Waals surface area contributed by atoms with Gasteiger partial charge in [0.25, 0.3) is 5.91 Å². The number of amides is 1. The summed E-state index contributed by atoms with van der Waals surface area (Å²) in [5, 5.41) is 10.0. The number of aromatic amines is 1. The van der Waals surface area contributed by atoms with Crippen LogP contribution in [0.25, 0.3) is 0 Å². The van der Waals surface area contributed by atoms with E-state index in [2.05, 4.69) is 27.4 Å². The number of carbonyl (C=O) groups excluding carboxylic acids is 1. The second kappa shape index (κ2) is 5.64. The lowest BCUT2D eigenvalue weighted by atomic mass is 10.2. The number of hydrogen-bond acceptors (Lipinski definition) is 3. The van der Waals surface area contributed by atoms with Crippen LogP contribution in [0.2, 0.25) is 5.02 Å². The fourth-order valence-electron chi connectivity index (χ4n) is 1.51. The molecule has 0 saturated carbocycles. The maximum atomic E-state index is 11.8. The fraction of sp³-hybridized carbons (Fsp3) is 0.250. The Kier molecular flexibility index (Phi) is 3.94. The van der Waals surface area contributed by atoms with Crippen LogP contribution in [0.15, 0.2) is 24.4 Å². The van der Waals surface area contributed by atoms with Gasteiger partial charge in [-0.3, -0.25) is 9.89 Å². The van der Waals surface area contributed by atoms with Gasteiger partial charge in [0.2, 0.25) is 0 Å². The van der Waals surface area contributed by atoms with Crippen molar-refractivity contribution in [2.24, 2.45) is 0 Å². The Morgan fingerprint density at radius 2 is 2.33 bits per heavy atom. The zero-order valence-electron chi connectivity index (χ0n) is 9.90. The van der Waals surface area contributed by atoms with E-state index in [0.29, 0.717) is 16.5 Å². The molecule has 6 heteroatoms. The molecular weight excluding hydrogens is 252 g/mol. The molecule has 0 unspecified atom stereocenters. The number of halogens is 1. The number of aryl methyl sites for hydroxylation is 1. The van der Waals surface area contributed by atoms with Crippen LogP contribution in [0.5, 0.6) is 0 Å². The minimum atomic E-state index is -0.304. The first-order valence-electron chi connectivity index (χ1n) is 5.66. The highest BCUT2D eigenvalue weighted by Crippen LogP contribution is 2.10. The minimum Gasteiger partial charge on any atom is -0.304 e. The van der Waals surface area contributed by atoms with E-state index in [1.165, 1.54) is 6.20 Å². The van der Waals surface area contributed by atoms with Gasteiger partial charge in [-0.15, -0.1) is 0 Å². The second-order valence-corrected chi connectivity index (χ2v) is 4.28. The largest absolute Gasteiger partial charge is 0.304 e. The molecule has 0 fully saturated rings. The van der Waals surface area contributed by atoms with Crippen LogP contribution in [0.3, 0.4) is 0 Å². The number of nitrogens with zero attached hydrogens (tertiary/aromatic N) is 2. The molecule has 0 bridgehead atoms. The van der Waals surface area contributed by atoms with Crippen molar-refractivity contribution in [3.05, 3.63) is 40.8 Å². The molecule has 0 aliphatic carbocycles. The number of H-pyrrole nitrogens is 1. The summed E-state index contributed by atoms with van der Waals surface area (Å²) in [6.45, 7) is 2.08. The molecule has 2 heterocycles. The molecule has 0 aliphatic heterocycles. The lowest BCUT2D eigenvalue weighted by molar-refractivity contribution is 0.102. The Balaban J connectivity index is 2.04. The van der Waals surface area contributed by atoms with Crippen molar-refractivity contribution in [1.29, 1.82) is 0 Å². The SMILES string of the molecule is CCCc1cc(NC(=O)c2ccc(Cl)cn2)n[nH]1. The average Bonchev–Trinajstić information content (AvgIpc) is 2.78. The van der Waals surface area contributed by atoms with Crippen molar-refractivity contribution in [1.82, 2.24) is 15.2 Å². The number of anilines is 1. The first-order valence-corrected chi connectivity index (χ1v) is 6.04. The van der Waals surface area contributed by atoms with Crippen LogP contribution in [-0.2, 0) is 6.42 Å². The minimum absolute atomic E-state index is 0.304. The summed E-state index contributed by atoms with van der Waals surface area (Å²) >= 11 is 5.70. The third kappa shape index (κ3) is 3.07. The van der Waals surface area contributed by atoms with Gasteiger partial charge in [0.1, 0.15) is 5.69 Å². The van der Waals surface area contributed by atoms with Crippen LogP contribution in [0.1, 0.15) is 29.5 Å². The maximum Gasteiger partial charge on any atom is 0.275 e. The molecule has 0 atom stereocenters. The highest BCUT2D eigenvalue weighted by Gasteiger charge is 2.09. The van der Waals surface area contributed by atoms with Crippen LogP contribution in [0.4, 0.5) is 5.82 Å². The summed E-state index contributed by atoms with van der Waals surface area (Å²) in [6, 6.07) is 5.01. The van der Waals surface area contributed by atoms with Crippen LogP contribution >= 0.6 is 11.6 Å². The Hall–Kier alpha value is -1.88. The summed E-state index contributed by atoms with van der Waals surface area (Å²) in [7, 11) is 0. The summed E-state index contributed by atoms with van der Waals surface area (Å²) in [5.41, 5.74) is 1.30. The van der Waals surface area contributed by atoms with E-state index in [4.69, 9.17) is 11.6 Å². The zero-order valence-corrected chi connectivity index (χ0v) is 10.7. The monoisotopic (exact) mass is 264 g/mol. The topological polar surface area (TPSA) is 70.7 Å². The van der Waals surface area contributed by atoms with Crippen LogP contribution < -0.4 is 5.32 Å². The first kappa shape index (κ1) is 12.6. The Morgan fingerprint density at radius 1 is 1.50 bits per heavy atom. The molecule has 0 saturated heterocycles. The zero-order chi connectivity index (χ0) is 13.0. The van der Waals surface area contributed by atoms with Crippen molar-refractivity contribution in [2.75, 3.05) is 5.32 Å². The third-order valence-corrected chi connectivity index (χ3v) is 2.58. The van der Waals surface area contributed by atoms with E-state index in [1.54, 1.807) is 12.1 Å². The standard InChI is InChI=1S/C12H13ClN4O/c1-2-3-9-6-11(17-16-9)15-12(18)10-5-4-8(13)7-14-10/h4-7H,2-3H2,1H3,(H2,15,16,17,18). The Morgan fingerprint density at radius 3 is 3.00 bits per heavy atom. The molecular formula is C12H13ClN4O. The number of aromatic nitrogens is 3. The van der Waals surface area contributed by atoms with Crippen molar-refractivity contribution in [2.45, 2.75) is 19.8 Å². The van der Waals surface area contributed by atoms with E-state index in [-0.39, 0.29) is 5.91 Å². The van der Waals surface area contributed by atoms with Gasteiger partial charge in [-0.2, -0.15) is 5.10 Å². The molecule has 2 N–H and O–H groups in total. The maximum absolute atomic E-state index is 11.8. The van der Waals surface area contributed by atoms with Gasteiger partial charge < -0.3 is 5.32 Å². The summed E-state index contributed by atoms with van der Waals surface area (Å²) in [6.07, 6.45) is 3.36. The van der Waals surface area contributed by atoms with Crippen molar-refractivity contribution >= 4 is 23.3 Å². The Labute approximate surface area is 110 Å². The molecule has 0 aliphatic rings.